The number of thiophene rings is 1. The van der Waals surface area contributed by atoms with E-state index in [0.717, 1.165) is 24.9 Å². The summed E-state index contributed by atoms with van der Waals surface area (Å²) in [7, 11) is 0. The Morgan fingerprint density at radius 2 is 2.04 bits per heavy atom. The molecule has 2 fully saturated rings. The number of hydrogen-bond acceptors (Lipinski definition) is 4. The minimum Gasteiger partial charge on any atom is -0.366 e. The highest BCUT2D eigenvalue weighted by Gasteiger charge is 2.34. The Morgan fingerprint density at radius 3 is 2.78 bits per heavy atom. The molecule has 0 aromatic carbocycles. The average molecular weight is 335 g/mol. The number of primary amides is 1. The van der Waals surface area contributed by atoms with Crippen molar-refractivity contribution < 1.29 is 9.59 Å². The van der Waals surface area contributed by atoms with Gasteiger partial charge in [0.25, 0.3) is 5.91 Å². The second-order valence-corrected chi connectivity index (χ2v) is 7.70. The lowest BCUT2D eigenvalue weighted by atomic mass is 9.75. The van der Waals surface area contributed by atoms with Gasteiger partial charge in [-0.1, -0.05) is 19.3 Å². The molecule has 23 heavy (non-hydrogen) atoms. The molecular weight excluding hydrogens is 310 g/mol. The van der Waals surface area contributed by atoms with Gasteiger partial charge in [-0.25, -0.2) is 0 Å². The van der Waals surface area contributed by atoms with Crippen LogP contribution in [-0.4, -0.2) is 35.8 Å². The first kappa shape index (κ1) is 16.5. The van der Waals surface area contributed by atoms with E-state index in [2.05, 4.69) is 10.2 Å². The fraction of sp³-hybridized carbons (Fsp3) is 0.647. The first-order valence-corrected chi connectivity index (χ1v) is 9.36. The van der Waals surface area contributed by atoms with E-state index in [4.69, 9.17) is 5.73 Å². The zero-order valence-corrected chi connectivity index (χ0v) is 14.4. The van der Waals surface area contributed by atoms with Gasteiger partial charge in [-0.2, -0.15) is 0 Å². The molecule has 0 bridgehead atoms. The Bertz CT molecular complexity index is 586. The monoisotopic (exact) mass is 335 g/mol. The highest BCUT2D eigenvalue weighted by Crippen LogP contribution is 2.36. The van der Waals surface area contributed by atoms with Crippen molar-refractivity contribution in [3.05, 3.63) is 17.0 Å². The third-order valence-corrected chi connectivity index (χ3v) is 6.25. The molecular formula is C17H25N3O2S. The van der Waals surface area contributed by atoms with Crippen molar-refractivity contribution >= 4 is 28.2 Å². The zero-order valence-electron chi connectivity index (χ0n) is 13.6. The van der Waals surface area contributed by atoms with Gasteiger partial charge in [0.2, 0.25) is 5.91 Å². The summed E-state index contributed by atoms with van der Waals surface area (Å²) in [5.74, 6) is 1.05. The summed E-state index contributed by atoms with van der Waals surface area (Å²) in [5.41, 5.74) is 5.72. The van der Waals surface area contributed by atoms with Crippen molar-refractivity contribution in [1.82, 2.24) is 4.90 Å². The lowest BCUT2D eigenvalue weighted by molar-refractivity contribution is -0.121. The van der Waals surface area contributed by atoms with Gasteiger partial charge in [0, 0.05) is 6.54 Å². The Hall–Kier alpha value is -1.40. The average Bonchev–Trinajstić information content (AvgIpc) is 3.02. The molecule has 1 saturated heterocycles. The molecule has 1 saturated carbocycles. The number of fused-ring (bicyclic) bond motifs is 1. The second kappa shape index (κ2) is 7.01. The maximum atomic E-state index is 12.5. The van der Waals surface area contributed by atoms with Crippen LogP contribution in [0.3, 0.4) is 0 Å². The van der Waals surface area contributed by atoms with Gasteiger partial charge in [-0.15, -0.1) is 11.3 Å². The van der Waals surface area contributed by atoms with Crippen LogP contribution >= 0.6 is 11.3 Å². The molecule has 2 heterocycles. The molecule has 2 amide bonds. The number of anilines is 1. The normalized spacial score (nSPS) is 26.3. The molecule has 3 N–H and O–H groups in total. The van der Waals surface area contributed by atoms with Crippen molar-refractivity contribution in [3.63, 3.8) is 0 Å². The number of piperidine rings is 1. The van der Waals surface area contributed by atoms with Gasteiger partial charge in [-0.3, -0.25) is 14.5 Å². The lowest BCUT2D eigenvalue weighted by Gasteiger charge is -2.43. The molecule has 3 rings (SSSR count). The molecule has 1 aliphatic carbocycles. The Balaban J connectivity index is 1.61. The standard InChI is InChI=1S/C17H25N3O2S/c1-11(16(22)19-17-14(15(18)21)7-9-23-17)20-8-6-12-4-2-3-5-13(12)10-20/h7,9,11-13H,2-6,8,10H2,1H3,(H2,18,21)(H,19,22)/t11-,12+,13+/m1/s1. The van der Waals surface area contributed by atoms with Crippen molar-refractivity contribution in [2.45, 2.75) is 45.1 Å². The van der Waals surface area contributed by atoms with E-state index in [1.807, 2.05) is 6.92 Å². The Labute approximate surface area is 141 Å². The molecule has 3 atom stereocenters. The SMILES string of the molecule is C[C@H](C(=O)Nc1sccc1C(N)=O)N1CC[C@@H]2CCCC[C@H]2C1. The minimum atomic E-state index is -0.503. The molecule has 0 radical (unpaired) electrons. The maximum Gasteiger partial charge on any atom is 0.251 e. The fourth-order valence-corrected chi connectivity index (χ4v) is 4.76. The number of rotatable bonds is 4. The number of amides is 2. The Morgan fingerprint density at radius 1 is 1.30 bits per heavy atom. The summed E-state index contributed by atoms with van der Waals surface area (Å²) >= 11 is 1.34. The molecule has 0 spiro atoms. The number of likely N-dealkylation sites (tertiary alicyclic amines) is 1. The first-order chi connectivity index (χ1) is 11.1. The van der Waals surface area contributed by atoms with Crippen LogP contribution in [0.5, 0.6) is 0 Å². The van der Waals surface area contributed by atoms with Gasteiger partial charge in [0.1, 0.15) is 5.00 Å². The topological polar surface area (TPSA) is 75.4 Å². The summed E-state index contributed by atoms with van der Waals surface area (Å²) in [6, 6.07) is 1.47. The highest BCUT2D eigenvalue weighted by atomic mass is 32.1. The number of hydrogen-bond donors (Lipinski definition) is 2. The van der Waals surface area contributed by atoms with Crippen LogP contribution in [0.25, 0.3) is 0 Å². The predicted molar refractivity (Wildman–Crippen MR) is 92.6 cm³/mol. The van der Waals surface area contributed by atoms with Crippen LogP contribution in [0, 0.1) is 11.8 Å². The van der Waals surface area contributed by atoms with E-state index in [0.29, 0.717) is 10.6 Å². The van der Waals surface area contributed by atoms with E-state index >= 15 is 0 Å². The van der Waals surface area contributed by atoms with Crippen LogP contribution in [0.1, 0.15) is 49.4 Å². The molecule has 1 aliphatic heterocycles. The maximum absolute atomic E-state index is 12.5. The Kier molecular flexibility index (Phi) is 5.02. The second-order valence-electron chi connectivity index (χ2n) is 6.78. The van der Waals surface area contributed by atoms with E-state index in [1.165, 1.54) is 43.4 Å². The number of nitrogens with one attached hydrogen (secondary N) is 1. The zero-order chi connectivity index (χ0) is 16.4. The summed E-state index contributed by atoms with van der Waals surface area (Å²) in [4.78, 5) is 26.2. The van der Waals surface area contributed by atoms with Crippen molar-refractivity contribution in [1.29, 1.82) is 0 Å². The number of carbonyl (C=O) groups is 2. The van der Waals surface area contributed by atoms with Crippen molar-refractivity contribution in [2.24, 2.45) is 17.6 Å². The van der Waals surface area contributed by atoms with Crippen LogP contribution in [-0.2, 0) is 4.79 Å². The van der Waals surface area contributed by atoms with Gasteiger partial charge in [0.15, 0.2) is 0 Å². The molecule has 5 nitrogen and oxygen atoms in total. The van der Waals surface area contributed by atoms with Crippen LogP contribution in [0.2, 0.25) is 0 Å². The number of nitrogens with zero attached hydrogens (tertiary/aromatic N) is 1. The smallest absolute Gasteiger partial charge is 0.251 e. The van der Waals surface area contributed by atoms with Gasteiger partial charge < -0.3 is 11.1 Å². The van der Waals surface area contributed by atoms with E-state index in [-0.39, 0.29) is 11.9 Å². The number of nitrogens with two attached hydrogens (primary N) is 1. The third kappa shape index (κ3) is 3.58. The van der Waals surface area contributed by atoms with Crippen molar-refractivity contribution in [3.8, 4) is 0 Å². The highest BCUT2D eigenvalue weighted by molar-refractivity contribution is 7.14. The summed E-state index contributed by atoms with van der Waals surface area (Å²) in [6.07, 6.45) is 6.55. The molecule has 0 unspecified atom stereocenters. The number of carbonyl (C=O) groups excluding carboxylic acids is 2. The lowest BCUT2D eigenvalue weighted by Crippen LogP contribution is -2.50. The molecule has 6 heteroatoms. The quantitative estimate of drug-likeness (QED) is 0.888. The third-order valence-electron chi connectivity index (χ3n) is 5.42. The summed E-state index contributed by atoms with van der Waals surface area (Å²) < 4.78 is 0. The van der Waals surface area contributed by atoms with Crippen molar-refractivity contribution in [2.75, 3.05) is 18.4 Å². The van der Waals surface area contributed by atoms with Crippen LogP contribution in [0.4, 0.5) is 5.00 Å². The van der Waals surface area contributed by atoms with Crippen LogP contribution < -0.4 is 11.1 Å². The van der Waals surface area contributed by atoms with Crippen LogP contribution in [0.15, 0.2) is 11.4 Å². The van der Waals surface area contributed by atoms with Gasteiger partial charge >= 0.3 is 0 Å². The fourth-order valence-electron chi connectivity index (χ4n) is 3.96. The molecule has 1 aromatic heterocycles. The molecule has 1 aromatic rings. The first-order valence-electron chi connectivity index (χ1n) is 8.48. The predicted octanol–water partition coefficient (Wildman–Crippen LogP) is 2.69. The minimum absolute atomic E-state index is 0.0517. The van der Waals surface area contributed by atoms with Gasteiger partial charge in [0.05, 0.1) is 11.6 Å². The van der Waals surface area contributed by atoms with Gasteiger partial charge in [-0.05, 0) is 49.6 Å². The molecule has 126 valence electrons. The summed E-state index contributed by atoms with van der Waals surface area (Å²) in [5, 5.41) is 5.21. The van der Waals surface area contributed by atoms with E-state index in [9.17, 15) is 9.59 Å². The molecule has 2 aliphatic rings. The largest absolute Gasteiger partial charge is 0.366 e. The van der Waals surface area contributed by atoms with E-state index < -0.39 is 5.91 Å². The van der Waals surface area contributed by atoms with E-state index in [1.54, 1.807) is 11.4 Å². The summed E-state index contributed by atoms with van der Waals surface area (Å²) in [6.45, 7) is 3.96.